The maximum Gasteiger partial charge on any atom is 0.0447 e. The van der Waals surface area contributed by atoms with E-state index in [-0.39, 0.29) is 23.6 Å². The molecule has 1 aromatic rings. The highest BCUT2D eigenvalue weighted by atomic mass is 79.9. The molecule has 1 N–H and O–H groups in total. The molecule has 2 rings (SSSR count). The predicted octanol–water partition coefficient (Wildman–Crippen LogP) is 2.87. The van der Waals surface area contributed by atoms with Crippen molar-refractivity contribution < 1.29 is 5.11 Å². The second-order valence-electron chi connectivity index (χ2n) is 3.93. The molecule has 3 heteroatoms. The number of aliphatic hydroxyl groups is 1. The van der Waals surface area contributed by atoms with E-state index in [1.54, 1.807) is 0 Å². The highest BCUT2D eigenvalue weighted by Crippen LogP contribution is 2.30. The third kappa shape index (κ3) is 2.66. The van der Waals surface area contributed by atoms with Crippen LogP contribution in [-0.2, 0) is 0 Å². The molecule has 1 aliphatic heterocycles. The van der Waals surface area contributed by atoms with Crippen LogP contribution in [0.1, 0.15) is 18.9 Å². The molecule has 1 aromatic carbocycles. The molecule has 0 unspecified atom stereocenters. The molecular weight excluding hydrogens is 266 g/mol. The Labute approximate surface area is 107 Å². The molecule has 0 amide bonds. The third-order valence-corrected chi connectivity index (χ3v) is 2.87. The fourth-order valence-corrected chi connectivity index (χ4v) is 2.01. The molecule has 0 saturated heterocycles. The molecule has 0 radical (unpaired) electrons. The topological polar surface area (TPSA) is 23.5 Å². The van der Waals surface area contributed by atoms with Crippen molar-refractivity contribution in [3.63, 3.8) is 0 Å². The van der Waals surface area contributed by atoms with Gasteiger partial charge in [0.25, 0.3) is 0 Å². The Hall–Kier alpha value is -0.800. The number of halogens is 1. The van der Waals surface area contributed by atoms with Crippen molar-refractivity contribution in [1.82, 2.24) is 0 Å². The van der Waals surface area contributed by atoms with Crippen LogP contribution in [0.15, 0.2) is 30.3 Å². The van der Waals surface area contributed by atoms with E-state index in [0.29, 0.717) is 0 Å². The molecular formula is C13H18BrNO. The number of para-hydroxylation sites is 1. The van der Waals surface area contributed by atoms with E-state index in [0.717, 1.165) is 19.5 Å². The average molecular weight is 284 g/mol. The van der Waals surface area contributed by atoms with Crippen LogP contribution in [0, 0.1) is 0 Å². The summed E-state index contributed by atoms with van der Waals surface area (Å²) in [5.41, 5.74) is 3.97. The maximum atomic E-state index is 8.85. The quantitative estimate of drug-likeness (QED) is 0.922. The fourth-order valence-electron chi connectivity index (χ4n) is 2.01. The summed E-state index contributed by atoms with van der Waals surface area (Å²) in [5.74, 6) is 0. The normalized spacial score (nSPS) is 13.9. The van der Waals surface area contributed by atoms with Crippen LogP contribution in [0.4, 0.5) is 5.69 Å². The van der Waals surface area contributed by atoms with Crippen LogP contribution in [0.25, 0.3) is 5.57 Å². The molecule has 0 aliphatic carbocycles. The van der Waals surface area contributed by atoms with Crippen molar-refractivity contribution in [1.29, 1.82) is 0 Å². The Kier molecular flexibility index (Phi) is 5.03. The maximum absolute atomic E-state index is 8.85. The summed E-state index contributed by atoms with van der Waals surface area (Å²) in [5, 5.41) is 8.85. The number of aliphatic hydroxyl groups excluding tert-OH is 1. The van der Waals surface area contributed by atoms with Gasteiger partial charge in [-0.3, -0.25) is 0 Å². The van der Waals surface area contributed by atoms with E-state index < -0.39 is 0 Å². The molecule has 2 nitrogen and oxygen atoms in total. The van der Waals surface area contributed by atoms with Crippen LogP contribution in [0.2, 0.25) is 0 Å². The van der Waals surface area contributed by atoms with Crippen LogP contribution in [-0.4, -0.2) is 24.8 Å². The van der Waals surface area contributed by atoms with E-state index in [2.05, 4.69) is 42.2 Å². The van der Waals surface area contributed by atoms with Crippen LogP contribution >= 0.6 is 17.0 Å². The first-order valence-electron chi connectivity index (χ1n) is 5.45. The van der Waals surface area contributed by atoms with Crippen molar-refractivity contribution in [2.45, 2.75) is 13.3 Å². The zero-order valence-electron chi connectivity index (χ0n) is 9.52. The van der Waals surface area contributed by atoms with Crippen LogP contribution in [0.3, 0.4) is 0 Å². The van der Waals surface area contributed by atoms with Gasteiger partial charge in [0.15, 0.2) is 0 Å². The Bertz CT molecular complexity index is 376. The summed E-state index contributed by atoms with van der Waals surface area (Å²) < 4.78 is 0. The Morgan fingerprint density at radius 2 is 2.06 bits per heavy atom. The van der Waals surface area contributed by atoms with E-state index in [9.17, 15) is 0 Å². The lowest BCUT2D eigenvalue weighted by molar-refractivity contribution is 0.290. The minimum absolute atomic E-state index is 0. The Morgan fingerprint density at radius 3 is 2.81 bits per heavy atom. The summed E-state index contributed by atoms with van der Waals surface area (Å²) in [6, 6.07) is 8.46. The first kappa shape index (κ1) is 13.3. The van der Waals surface area contributed by atoms with Crippen molar-refractivity contribution in [3.8, 4) is 0 Å². The number of allylic oxidation sites excluding steroid dienone is 1. The molecule has 0 spiro atoms. The Morgan fingerprint density at radius 1 is 1.31 bits per heavy atom. The van der Waals surface area contributed by atoms with Crippen molar-refractivity contribution >= 4 is 28.2 Å². The highest BCUT2D eigenvalue weighted by molar-refractivity contribution is 8.93. The highest BCUT2D eigenvalue weighted by Gasteiger charge is 2.14. The molecule has 1 heterocycles. The molecule has 0 atom stereocenters. The van der Waals surface area contributed by atoms with Gasteiger partial charge in [-0.05, 0) is 25.0 Å². The fraction of sp³-hybridized carbons (Fsp3) is 0.385. The largest absolute Gasteiger partial charge is 0.396 e. The molecule has 0 bridgehead atoms. The van der Waals surface area contributed by atoms with E-state index in [1.807, 2.05) is 0 Å². The van der Waals surface area contributed by atoms with Gasteiger partial charge >= 0.3 is 0 Å². The smallest absolute Gasteiger partial charge is 0.0447 e. The number of rotatable bonds is 3. The van der Waals surface area contributed by atoms with Gasteiger partial charge < -0.3 is 10.0 Å². The lowest BCUT2D eigenvalue weighted by Gasteiger charge is -2.29. The lowest BCUT2D eigenvalue weighted by Crippen LogP contribution is -2.28. The third-order valence-electron chi connectivity index (χ3n) is 2.87. The number of fused-ring (bicyclic) bond motifs is 1. The average Bonchev–Trinajstić information content (AvgIpc) is 2.29. The first-order valence-corrected chi connectivity index (χ1v) is 5.45. The number of nitrogens with zero attached hydrogens (tertiary/aromatic N) is 1. The zero-order chi connectivity index (χ0) is 10.7. The van der Waals surface area contributed by atoms with E-state index in [1.165, 1.54) is 16.8 Å². The van der Waals surface area contributed by atoms with Crippen LogP contribution < -0.4 is 4.90 Å². The molecule has 0 saturated carbocycles. The van der Waals surface area contributed by atoms with Gasteiger partial charge in [0, 0.05) is 30.9 Å². The van der Waals surface area contributed by atoms with E-state index in [4.69, 9.17) is 5.11 Å². The number of benzene rings is 1. The summed E-state index contributed by atoms with van der Waals surface area (Å²) in [7, 11) is 0. The van der Waals surface area contributed by atoms with Gasteiger partial charge in [-0.1, -0.05) is 24.3 Å². The van der Waals surface area contributed by atoms with Gasteiger partial charge in [-0.15, -0.1) is 17.0 Å². The monoisotopic (exact) mass is 283 g/mol. The zero-order valence-corrected chi connectivity index (χ0v) is 11.2. The van der Waals surface area contributed by atoms with Crippen LogP contribution in [0.5, 0.6) is 0 Å². The minimum Gasteiger partial charge on any atom is -0.396 e. The number of hydrogen-bond donors (Lipinski definition) is 1. The SMILES string of the molecule is Br.CC1=CCN(CCCO)c2ccccc21. The minimum atomic E-state index is 0. The van der Waals surface area contributed by atoms with Crippen molar-refractivity contribution in [3.05, 3.63) is 35.9 Å². The number of anilines is 1. The standard InChI is InChI=1S/C13H17NO.BrH/c1-11-7-9-14(8-4-10-15)13-6-3-2-5-12(11)13;/h2-3,5-7,15H,4,8-10H2,1H3;1H. The Balaban J connectivity index is 0.00000128. The number of hydrogen-bond acceptors (Lipinski definition) is 2. The van der Waals surface area contributed by atoms with Gasteiger partial charge in [0.05, 0.1) is 0 Å². The molecule has 0 aromatic heterocycles. The summed E-state index contributed by atoms with van der Waals surface area (Å²) in [4.78, 5) is 2.32. The van der Waals surface area contributed by atoms with Gasteiger partial charge in [0.1, 0.15) is 0 Å². The first-order chi connectivity index (χ1) is 7.33. The summed E-state index contributed by atoms with van der Waals surface area (Å²) in [6.07, 6.45) is 3.08. The second-order valence-corrected chi connectivity index (χ2v) is 3.93. The van der Waals surface area contributed by atoms with Crippen molar-refractivity contribution in [2.24, 2.45) is 0 Å². The van der Waals surface area contributed by atoms with Gasteiger partial charge in [-0.2, -0.15) is 0 Å². The van der Waals surface area contributed by atoms with Crippen molar-refractivity contribution in [2.75, 3.05) is 24.6 Å². The second kappa shape index (κ2) is 6.06. The lowest BCUT2D eigenvalue weighted by atomic mass is 10.0. The molecule has 1 aliphatic rings. The summed E-state index contributed by atoms with van der Waals surface area (Å²) in [6.45, 7) is 4.31. The van der Waals surface area contributed by atoms with E-state index >= 15 is 0 Å². The summed E-state index contributed by atoms with van der Waals surface area (Å²) >= 11 is 0. The molecule has 88 valence electrons. The molecule has 16 heavy (non-hydrogen) atoms. The predicted molar refractivity (Wildman–Crippen MR) is 74.3 cm³/mol. The van der Waals surface area contributed by atoms with Gasteiger partial charge in [-0.25, -0.2) is 0 Å². The molecule has 0 fully saturated rings. The van der Waals surface area contributed by atoms with Gasteiger partial charge in [0.2, 0.25) is 0 Å².